The second kappa shape index (κ2) is 40.3. The van der Waals surface area contributed by atoms with Gasteiger partial charge in [0.1, 0.15) is 0 Å². The van der Waals surface area contributed by atoms with Crippen LogP contribution in [-0.4, -0.2) is 43.8 Å². The van der Waals surface area contributed by atoms with E-state index in [0.717, 1.165) is 62.7 Å². The van der Waals surface area contributed by atoms with Gasteiger partial charge in [-0.05, 0) is 173 Å². The number of benzene rings is 4. The summed E-state index contributed by atoms with van der Waals surface area (Å²) >= 11 is 0. The van der Waals surface area contributed by atoms with Crippen molar-refractivity contribution in [2.75, 3.05) is 0 Å². The number of hydrogen-bond donors (Lipinski definition) is 4. The molecule has 75 heavy (non-hydrogen) atoms. The maximum Gasteiger partial charge on any atom is 2.00 e. The molecule has 0 unspecified atom stereocenters. The van der Waals surface area contributed by atoms with Gasteiger partial charge in [0, 0.05) is 11.1 Å². The Labute approximate surface area is 466 Å². The SMILES string of the molecule is CCCCCc1ccc(N=C(CCCC)C(CCCC)=Nc2ccc(CCCCC)c(CCCCC)c2)cc1CCCCC.CCCCc1ccc(O)c(O)c1C(=O)[O-].CCCCc1ccc(O)c(O)c1C(=O)[O-].[Pd+2]. The summed E-state index contributed by atoms with van der Waals surface area (Å²) in [6.45, 7) is 17.7. The van der Waals surface area contributed by atoms with Crippen LogP contribution in [0.1, 0.15) is 251 Å². The van der Waals surface area contributed by atoms with Gasteiger partial charge in [0.15, 0.2) is 23.0 Å². The fourth-order valence-corrected chi connectivity index (χ4v) is 8.96. The topological polar surface area (TPSA) is 186 Å². The first-order valence-electron chi connectivity index (χ1n) is 28.6. The predicted molar refractivity (Wildman–Crippen MR) is 304 cm³/mol. The summed E-state index contributed by atoms with van der Waals surface area (Å²) in [7, 11) is 0. The van der Waals surface area contributed by atoms with Gasteiger partial charge in [-0.2, -0.15) is 0 Å². The Hall–Kier alpha value is -4.98. The number of carboxylic acids is 2. The number of aromatic carboxylic acids is 2. The summed E-state index contributed by atoms with van der Waals surface area (Å²) in [4.78, 5) is 32.4. The molecule has 0 heterocycles. The Balaban J connectivity index is 0.000000732. The van der Waals surface area contributed by atoms with Crippen molar-refractivity contribution >= 4 is 34.7 Å². The number of carbonyl (C=O) groups is 2. The van der Waals surface area contributed by atoms with Crippen LogP contribution in [0.15, 0.2) is 70.6 Å². The number of rotatable bonds is 33. The first kappa shape index (κ1) is 68.0. The molecule has 0 spiro atoms. The van der Waals surface area contributed by atoms with E-state index in [1.54, 1.807) is 0 Å². The van der Waals surface area contributed by atoms with Crippen molar-refractivity contribution < 1.29 is 60.7 Å². The van der Waals surface area contributed by atoms with Gasteiger partial charge >= 0.3 is 20.4 Å². The van der Waals surface area contributed by atoms with E-state index in [0.29, 0.717) is 24.0 Å². The third-order valence-corrected chi connectivity index (χ3v) is 13.5. The van der Waals surface area contributed by atoms with E-state index in [4.69, 9.17) is 20.2 Å². The van der Waals surface area contributed by atoms with Crippen molar-refractivity contribution in [1.29, 1.82) is 0 Å². The molecule has 0 atom stereocenters. The molecule has 0 aliphatic rings. The quantitative estimate of drug-likeness (QED) is 0.0157. The van der Waals surface area contributed by atoms with E-state index in [9.17, 15) is 30.0 Å². The van der Waals surface area contributed by atoms with Crippen molar-refractivity contribution in [2.24, 2.45) is 9.98 Å². The minimum absolute atomic E-state index is 0. The van der Waals surface area contributed by atoms with E-state index < -0.39 is 34.9 Å². The van der Waals surface area contributed by atoms with Gasteiger partial charge < -0.3 is 40.2 Å². The first-order valence-corrected chi connectivity index (χ1v) is 28.6. The molecule has 0 saturated heterocycles. The van der Waals surface area contributed by atoms with Crippen LogP contribution in [0.4, 0.5) is 11.4 Å². The number of nitrogens with zero attached hydrogens (tertiary/aromatic N) is 2. The number of phenolic OH excluding ortho intramolecular Hbond substituents is 2. The van der Waals surface area contributed by atoms with E-state index in [-0.39, 0.29) is 31.5 Å². The average Bonchev–Trinajstić information content (AvgIpc) is 3.38. The molecule has 0 saturated carbocycles. The van der Waals surface area contributed by atoms with Gasteiger partial charge in [-0.25, -0.2) is 0 Å². The fraction of sp³-hybridized carbons (Fsp3) is 0.562. The Morgan fingerprint density at radius 2 is 0.653 bits per heavy atom. The van der Waals surface area contributed by atoms with Crippen LogP contribution < -0.4 is 10.2 Å². The van der Waals surface area contributed by atoms with E-state index >= 15 is 0 Å². The smallest absolute Gasteiger partial charge is 0.545 e. The van der Waals surface area contributed by atoms with Crippen LogP contribution in [0.3, 0.4) is 0 Å². The van der Waals surface area contributed by atoms with Crippen LogP contribution in [0.2, 0.25) is 0 Å². The molecule has 4 aromatic carbocycles. The summed E-state index contributed by atoms with van der Waals surface area (Å²) in [6, 6.07) is 19.7. The molecule has 10 nitrogen and oxygen atoms in total. The molecule has 0 fully saturated rings. The summed E-state index contributed by atoms with van der Waals surface area (Å²) < 4.78 is 0. The molecule has 4 aromatic rings. The van der Waals surface area contributed by atoms with Gasteiger partial charge in [0.25, 0.3) is 0 Å². The molecule has 0 amide bonds. The molecule has 4 rings (SSSR count). The van der Waals surface area contributed by atoms with Crippen LogP contribution in [0.5, 0.6) is 23.0 Å². The number of phenols is 4. The monoisotopic (exact) mass is 1120 g/mol. The molecule has 0 aliphatic heterocycles. The second-order valence-electron chi connectivity index (χ2n) is 19.8. The standard InChI is InChI=1S/C42H68N2.2C11H14O4.Pd/c1-7-13-19-23-35-29-31-39(33-37(35)25-21-15-9-3)43-41(27-17-11-5)42(28-18-12-6)44-40-32-30-36(24-20-14-8-2)38(34-40)26-22-16-10-4;2*1-2-3-4-7-5-6-8(12)10(13)9(7)11(14)15;/h29-34H,7-28H2,1-6H3;2*5-6,12-13H,2-4H2,1H3,(H,14,15);/q;;;+2/p-2. The Kier molecular flexibility index (Phi) is 36.6. The van der Waals surface area contributed by atoms with Gasteiger partial charge in [-0.3, -0.25) is 9.98 Å². The molecule has 0 aliphatic carbocycles. The number of aryl methyl sites for hydroxylation is 6. The minimum atomic E-state index is -1.46. The van der Waals surface area contributed by atoms with Gasteiger partial charge in [0.05, 0.1) is 34.7 Å². The summed E-state index contributed by atoms with van der Waals surface area (Å²) in [5.74, 6) is -5.01. The van der Waals surface area contributed by atoms with Crippen molar-refractivity contribution in [2.45, 2.75) is 235 Å². The van der Waals surface area contributed by atoms with Crippen LogP contribution in [0.25, 0.3) is 0 Å². The summed E-state index contributed by atoms with van der Waals surface area (Å²) in [6.07, 6.45) is 31.4. The average molecular weight is 1130 g/mol. The van der Waals surface area contributed by atoms with E-state index in [1.165, 1.54) is 174 Å². The van der Waals surface area contributed by atoms with Crippen LogP contribution >= 0.6 is 0 Å². The third kappa shape index (κ3) is 25.2. The number of carboxylic acid groups (broad SMARTS) is 2. The molecule has 418 valence electrons. The maximum atomic E-state index is 10.8. The Morgan fingerprint density at radius 1 is 0.373 bits per heavy atom. The van der Waals surface area contributed by atoms with E-state index in [2.05, 4.69) is 77.9 Å². The first-order chi connectivity index (χ1) is 35.7. The number of unbranched alkanes of at least 4 members (excludes halogenated alkanes) is 12. The van der Waals surface area contributed by atoms with Gasteiger partial charge in [-0.15, -0.1) is 0 Å². The zero-order valence-electron chi connectivity index (χ0n) is 47.2. The van der Waals surface area contributed by atoms with Crippen molar-refractivity contribution in [3.8, 4) is 23.0 Å². The van der Waals surface area contributed by atoms with Crippen molar-refractivity contribution in [3.63, 3.8) is 0 Å². The minimum Gasteiger partial charge on any atom is -0.545 e. The fourth-order valence-electron chi connectivity index (χ4n) is 8.96. The molecule has 0 aromatic heterocycles. The molecule has 0 bridgehead atoms. The number of aromatic hydroxyl groups is 4. The van der Waals surface area contributed by atoms with Gasteiger partial charge in [0.2, 0.25) is 0 Å². The maximum absolute atomic E-state index is 10.8. The predicted octanol–water partition coefficient (Wildman–Crippen LogP) is 15.4. The number of hydrogen-bond acceptors (Lipinski definition) is 10. The molecule has 11 heteroatoms. The second-order valence-corrected chi connectivity index (χ2v) is 19.8. The zero-order valence-corrected chi connectivity index (χ0v) is 48.8. The molecular formula is C64H94N2O8Pd. The summed E-state index contributed by atoms with van der Waals surface area (Å²) in [5, 5.41) is 58.6. The van der Waals surface area contributed by atoms with Crippen molar-refractivity contribution in [1.82, 2.24) is 0 Å². The molecular weight excluding hydrogens is 1030 g/mol. The Bertz CT molecular complexity index is 2160. The largest absolute Gasteiger partial charge is 2.00 e. The van der Waals surface area contributed by atoms with Gasteiger partial charge in [-0.1, -0.05) is 157 Å². The van der Waals surface area contributed by atoms with Crippen LogP contribution in [0, 0.1) is 0 Å². The zero-order chi connectivity index (χ0) is 54.7. The molecule has 4 N–H and O–H groups in total. The Morgan fingerprint density at radius 3 is 0.947 bits per heavy atom. The normalized spacial score (nSPS) is 11.3. The number of aliphatic imine (C=N–C) groups is 2. The summed E-state index contributed by atoms with van der Waals surface area (Å²) in [5.41, 5.74) is 11.2. The van der Waals surface area contributed by atoms with Crippen LogP contribution in [-0.2, 0) is 58.9 Å². The van der Waals surface area contributed by atoms with Crippen molar-refractivity contribution in [3.05, 3.63) is 105 Å². The number of carbonyl (C=O) groups excluding carboxylic acids is 2. The molecule has 0 radical (unpaired) electrons. The third-order valence-electron chi connectivity index (χ3n) is 13.5. The van der Waals surface area contributed by atoms with E-state index in [1.807, 2.05) is 13.8 Å².